The summed E-state index contributed by atoms with van der Waals surface area (Å²) >= 11 is 0. The predicted molar refractivity (Wildman–Crippen MR) is 125 cm³/mol. The monoisotopic (exact) mass is 434 g/mol. The van der Waals surface area contributed by atoms with Crippen LogP contribution in [0.5, 0.6) is 0 Å². The molecule has 0 aromatic carbocycles. The molecule has 0 aliphatic heterocycles. The Morgan fingerprint density at radius 3 is 2.84 bits per heavy atom. The first-order valence-corrected chi connectivity index (χ1v) is 10.9. The fourth-order valence-electron chi connectivity index (χ4n) is 3.29. The van der Waals surface area contributed by atoms with Crippen molar-refractivity contribution in [1.29, 1.82) is 0 Å². The average molecular weight is 435 g/mol. The number of nitrogens with two attached hydrogens (primary N) is 1. The second kappa shape index (κ2) is 10.2. The maximum Gasteiger partial charge on any atom is 0.220 e. The van der Waals surface area contributed by atoms with Crippen LogP contribution in [0.25, 0.3) is 22.2 Å². The Hall–Kier alpha value is -3.44. The van der Waals surface area contributed by atoms with Gasteiger partial charge >= 0.3 is 0 Å². The number of fused-ring (bicyclic) bond motifs is 1. The van der Waals surface area contributed by atoms with Gasteiger partial charge in [-0.1, -0.05) is 19.3 Å². The minimum atomic E-state index is -1.10. The lowest BCUT2D eigenvalue weighted by Crippen LogP contribution is -2.24. The van der Waals surface area contributed by atoms with E-state index in [1.807, 2.05) is 18.3 Å². The van der Waals surface area contributed by atoms with Crippen molar-refractivity contribution in [2.24, 2.45) is 0 Å². The van der Waals surface area contributed by atoms with Gasteiger partial charge in [-0.25, -0.2) is 15.0 Å². The molecule has 0 saturated carbocycles. The van der Waals surface area contributed by atoms with Crippen molar-refractivity contribution in [2.75, 3.05) is 12.3 Å². The van der Waals surface area contributed by atoms with Crippen LogP contribution in [0.2, 0.25) is 0 Å². The number of aromatic nitrogens is 4. The summed E-state index contributed by atoms with van der Waals surface area (Å²) in [5.74, 6) is 6.03. The Kier molecular flexibility index (Phi) is 7.44. The molecule has 8 nitrogen and oxygen atoms in total. The summed E-state index contributed by atoms with van der Waals surface area (Å²) < 4.78 is 2.10. The molecule has 0 spiro atoms. The number of hydrogen-bond donors (Lipinski definition) is 3. The summed E-state index contributed by atoms with van der Waals surface area (Å²) in [4.78, 5) is 24.6. The lowest BCUT2D eigenvalue weighted by Gasteiger charge is -2.07. The number of aryl methyl sites for hydroxylation is 1. The first-order chi connectivity index (χ1) is 15.3. The van der Waals surface area contributed by atoms with Gasteiger partial charge in [0.2, 0.25) is 11.9 Å². The molecule has 8 heteroatoms. The maximum absolute atomic E-state index is 11.8. The van der Waals surface area contributed by atoms with Crippen molar-refractivity contribution in [3.8, 4) is 23.1 Å². The fraction of sp³-hybridized carbons (Fsp3) is 0.417. The number of anilines is 1. The number of nitrogens with one attached hydrogen (secondary N) is 1. The molecule has 0 bridgehead atoms. The molecule has 32 heavy (non-hydrogen) atoms. The molecule has 0 aliphatic carbocycles. The van der Waals surface area contributed by atoms with Crippen LogP contribution in [-0.2, 0) is 11.3 Å². The summed E-state index contributed by atoms with van der Waals surface area (Å²) in [7, 11) is 0. The molecule has 0 saturated heterocycles. The number of rotatable bonds is 8. The van der Waals surface area contributed by atoms with E-state index in [4.69, 9.17) is 5.73 Å². The van der Waals surface area contributed by atoms with Crippen LogP contribution in [-0.4, -0.2) is 42.7 Å². The number of aliphatic hydroxyl groups is 1. The van der Waals surface area contributed by atoms with Gasteiger partial charge in [-0.2, -0.15) is 0 Å². The van der Waals surface area contributed by atoms with Crippen LogP contribution in [0.4, 0.5) is 5.95 Å². The Labute approximate surface area is 188 Å². The van der Waals surface area contributed by atoms with Gasteiger partial charge in [0.1, 0.15) is 11.3 Å². The van der Waals surface area contributed by atoms with Crippen LogP contribution in [0, 0.1) is 11.8 Å². The minimum Gasteiger partial charge on any atom is -0.378 e. The van der Waals surface area contributed by atoms with Gasteiger partial charge in [0.15, 0.2) is 0 Å². The van der Waals surface area contributed by atoms with E-state index in [0.29, 0.717) is 30.9 Å². The number of pyridine rings is 1. The maximum atomic E-state index is 11.8. The van der Waals surface area contributed by atoms with Gasteiger partial charge in [0, 0.05) is 42.9 Å². The number of nitrogen functional groups attached to an aromatic ring is 1. The van der Waals surface area contributed by atoms with Gasteiger partial charge in [-0.05, 0) is 44.7 Å². The van der Waals surface area contributed by atoms with E-state index in [1.54, 1.807) is 26.2 Å². The zero-order chi connectivity index (χ0) is 23.1. The quantitative estimate of drug-likeness (QED) is 0.370. The van der Waals surface area contributed by atoms with E-state index in [0.717, 1.165) is 35.7 Å². The highest BCUT2D eigenvalue weighted by molar-refractivity contribution is 5.95. The molecule has 4 N–H and O–H groups in total. The van der Waals surface area contributed by atoms with Gasteiger partial charge in [0.25, 0.3) is 0 Å². The third-order valence-corrected chi connectivity index (χ3v) is 4.87. The normalized spacial score (nSPS) is 11.2. The highest BCUT2D eigenvalue weighted by Gasteiger charge is 2.14. The van der Waals surface area contributed by atoms with Gasteiger partial charge < -0.3 is 20.7 Å². The van der Waals surface area contributed by atoms with Crippen molar-refractivity contribution in [1.82, 2.24) is 24.8 Å². The Balaban J connectivity index is 1.88. The molecule has 0 fully saturated rings. The van der Waals surface area contributed by atoms with Gasteiger partial charge in [-0.3, -0.25) is 4.79 Å². The molecular weight excluding hydrogens is 404 g/mol. The van der Waals surface area contributed by atoms with Gasteiger partial charge in [-0.15, -0.1) is 0 Å². The highest BCUT2D eigenvalue weighted by atomic mass is 16.3. The van der Waals surface area contributed by atoms with Crippen LogP contribution < -0.4 is 11.1 Å². The van der Waals surface area contributed by atoms with E-state index < -0.39 is 5.60 Å². The average Bonchev–Trinajstić information content (AvgIpc) is 3.11. The zero-order valence-corrected chi connectivity index (χ0v) is 18.9. The molecule has 0 radical (unpaired) electrons. The number of hydrogen-bond acceptors (Lipinski definition) is 6. The van der Waals surface area contributed by atoms with Crippen LogP contribution in [0.1, 0.15) is 52.1 Å². The minimum absolute atomic E-state index is 0.0954. The number of carbonyl (C=O) groups excluding carboxylic acids is 1. The Morgan fingerprint density at radius 1 is 1.31 bits per heavy atom. The fourth-order valence-corrected chi connectivity index (χ4v) is 3.29. The first kappa shape index (κ1) is 23.2. The predicted octanol–water partition coefficient (Wildman–Crippen LogP) is 2.89. The largest absolute Gasteiger partial charge is 0.378 e. The first-order valence-electron chi connectivity index (χ1n) is 10.9. The molecule has 0 atom stereocenters. The van der Waals surface area contributed by atoms with E-state index in [2.05, 4.69) is 43.6 Å². The summed E-state index contributed by atoms with van der Waals surface area (Å²) in [5.41, 5.74) is 7.80. The van der Waals surface area contributed by atoms with Crippen LogP contribution >= 0.6 is 0 Å². The molecule has 1 amide bonds. The summed E-state index contributed by atoms with van der Waals surface area (Å²) in [6.45, 7) is 6.65. The van der Waals surface area contributed by atoms with Gasteiger partial charge in [0.05, 0.1) is 17.4 Å². The third kappa shape index (κ3) is 6.28. The lowest BCUT2D eigenvalue weighted by molar-refractivity contribution is -0.121. The molecule has 168 valence electrons. The van der Waals surface area contributed by atoms with E-state index in [1.165, 1.54) is 0 Å². The number of amides is 1. The molecule has 0 unspecified atom stereocenters. The smallest absolute Gasteiger partial charge is 0.220 e. The molecule has 3 rings (SSSR count). The third-order valence-electron chi connectivity index (χ3n) is 4.87. The van der Waals surface area contributed by atoms with Crippen LogP contribution in [0.3, 0.4) is 0 Å². The van der Waals surface area contributed by atoms with Crippen molar-refractivity contribution < 1.29 is 9.90 Å². The standard InChI is InChI=1S/C24H30N6O2/c1-4-5-7-22(31)26-11-6-13-30-16-19(20-9-12-27-23(25)29-20)18-14-17(28-15-21(18)30)8-10-24(2,3)32/h9,12,14-16,32H,4-7,11,13H2,1-3H3,(H,26,31)(H2,25,27,29). The van der Waals surface area contributed by atoms with Crippen molar-refractivity contribution in [3.63, 3.8) is 0 Å². The lowest BCUT2D eigenvalue weighted by atomic mass is 10.1. The Bertz CT molecular complexity index is 1150. The Morgan fingerprint density at radius 2 is 2.12 bits per heavy atom. The summed E-state index contributed by atoms with van der Waals surface area (Å²) in [6, 6.07) is 3.71. The zero-order valence-electron chi connectivity index (χ0n) is 18.9. The van der Waals surface area contributed by atoms with Crippen molar-refractivity contribution in [3.05, 3.63) is 36.4 Å². The molecule has 3 aromatic heterocycles. The summed E-state index contributed by atoms with van der Waals surface area (Å²) in [5, 5.41) is 13.8. The number of carbonyl (C=O) groups is 1. The van der Waals surface area contributed by atoms with E-state index in [9.17, 15) is 9.90 Å². The second-order valence-corrected chi connectivity index (χ2v) is 8.24. The topological polar surface area (TPSA) is 119 Å². The molecule has 0 aliphatic rings. The highest BCUT2D eigenvalue weighted by Crippen LogP contribution is 2.30. The molecular formula is C24H30N6O2. The van der Waals surface area contributed by atoms with Crippen molar-refractivity contribution >= 4 is 22.8 Å². The van der Waals surface area contributed by atoms with E-state index in [-0.39, 0.29) is 11.9 Å². The molecule has 3 aromatic rings. The van der Waals surface area contributed by atoms with E-state index >= 15 is 0 Å². The SMILES string of the molecule is CCCCC(=O)NCCCn1cc(-c2ccnc(N)n2)c2cc(C#CC(C)(C)O)ncc21. The second-order valence-electron chi connectivity index (χ2n) is 8.24. The van der Waals surface area contributed by atoms with Crippen molar-refractivity contribution in [2.45, 2.75) is 58.6 Å². The van der Waals surface area contributed by atoms with Crippen LogP contribution in [0.15, 0.2) is 30.7 Å². The molecule has 3 heterocycles. The number of unbranched alkanes of at least 4 members (excludes halogenated alkanes) is 1. The summed E-state index contributed by atoms with van der Waals surface area (Å²) in [6.07, 6.45) is 8.69. The number of nitrogens with zero attached hydrogens (tertiary/aromatic N) is 4.